The highest BCUT2D eigenvalue weighted by Crippen LogP contribution is 2.24. The lowest BCUT2D eigenvalue weighted by atomic mass is 9.87. The van der Waals surface area contributed by atoms with Crippen LogP contribution in [0.15, 0.2) is 84.2 Å². The van der Waals surface area contributed by atoms with Gasteiger partial charge >= 0.3 is 0 Å². The Kier molecular flexibility index (Phi) is 9.99. The molecule has 49 heavy (non-hydrogen) atoms. The molecule has 0 unspecified atom stereocenters. The first-order valence-electron chi connectivity index (χ1n) is 15.9. The molecule has 0 bridgehead atoms. The van der Waals surface area contributed by atoms with Crippen molar-refractivity contribution in [3.8, 4) is 11.8 Å². The third-order valence-electron chi connectivity index (χ3n) is 8.39. The number of carbonyl (C=O) groups is 2. The summed E-state index contributed by atoms with van der Waals surface area (Å²) in [5, 5.41) is 9.67. The summed E-state index contributed by atoms with van der Waals surface area (Å²) in [4.78, 5) is 51.1. The Hall–Kier alpha value is -5.96. The van der Waals surface area contributed by atoms with Gasteiger partial charge in [0.1, 0.15) is 5.56 Å². The summed E-state index contributed by atoms with van der Waals surface area (Å²) >= 11 is 0. The highest BCUT2D eigenvalue weighted by Gasteiger charge is 2.20. The minimum absolute atomic E-state index is 0.0337. The third kappa shape index (κ3) is 8.31. The first kappa shape index (κ1) is 33.0. The number of halogens is 2. The van der Waals surface area contributed by atoms with Crippen molar-refractivity contribution in [2.24, 2.45) is 5.92 Å². The van der Waals surface area contributed by atoms with E-state index in [4.69, 9.17) is 0 Å². The summed E-state index contributed by atoms with van der Waals surface area (Å²) in [6.07, 6.45) is 8.36. The number of hydrogen-bond acceptors (Lipinski definition) is 7. The van der Waals surface area contributed by atoms with Gasteiger partial charge in [-0.3, -0.25) is 19.0 Å². The standard InChI is InChI=1S/C37H33F2N7O3/c1-23-4-10-28(11-5-23)43-34(47)26-8-12-29(13-9-26)44-37-42-19-27-17-24(7-15-33(27)45-37)3-2-16-41-35(48)30-20-40-22-46(36(30)49)21-25-6-14-31(38)32(39)18-25/h6-9,12-15,17-20,22-23,28H,4-5,10-11,16,21H2,1H3,(H,41,48)(H,43,47)(H,42,44,45). The van der Waals surface area contributed by atoms with Crippen LogP contribution in [-0.2, 0) is 6.54 Å². The van der Waals surface area contributed by atoms with Crippen LogP contribution in [-0.4, -0.2) is 43.9 Å². The van der Waals surface area contributed by atoms with Crippen LogP contribution in [0.1, 0.15) is 64.4 Å². The predicted molar refractivity (Wildman–Crippen MR) is 181 cm³/mol. The Bertz CT molecular complexity index is 2130. The fourth-order valence-electron chi connectivity index (χ4n) is 5.60. The molecule has 2 heterocycles. The highest BCUT2D eigenvalue weighted by molar-refractivity contribution is 5.95. The predicted octanol–water partition coefficient (Wildman–Crippen LogP) is 5.35. The molecule has 0 saturated heterocycles. The normalized spacial score (nSPS) is 15.6. The van der Waals surface area contributed by atoms with E-state index in [-0.39, 0.29) is 30.6 Å². The van der Waals surface area contributed by atoms with Crippen molar-refractivity contribution in [1.82, 2.24) is 30.2 Å². The van der Waals surface area contributed by atoms with Crippen molar-refractivity contribution in [2.45, 2.75) is 45.2 Å². The highest BCUT2D eigenvalue weighted by atomic mass is 19.2. The van der Waals surface area contributed by atoms with Gasteiger partial charge in [0.15, 0.2) is 11.6 Å². The number of nitrogens with zero attached hydrogens (tertiary/aromatic N) is 4. The Labute approximate surface area is 281 Å². The molecule has 1 fully saturated rings. The van der Waals surface area contributed by atoms with E-state index < -0.39 is 23.1 Å². The molecule has 0 aliphatic heterocycles. The average molecular weight is 662 g/mol. The summed E-state index contributed by atoms with van der Waals surface area (Å²) in [7, 11) is 0. The minimum atomic E-state index is -1.03. The van der Waals surface area contributed by atoms with Crippen LogP contribution >= 0.6 is 0 Å². The van der Waals surface area contributed by atoms with Crippen LogP contribution in [0.3, 0.4) is 0 Å². The maximum absolute atomic E-state index is 13.6. The summed E-state index contributed by atoms with van der Waals surface area (Å²) in [6, 6.07) is 16.2. The van der Waals surface area contributed by atoms with Crippen molar-refractivity contribution < 1.29 is 18.4 Å². The molecular weight excluding hydrogens is 628 g/mol. The molecule has 10 nitrogen and oxygen atoms in total. The lowest BCUT2D eigenvalue weighted by molar-refractivity contribution is 0.0921. The van der Waals surface area contributed by atoms with Crippen LogP contribution in [0.2, 0.25) is 0 Å². The number of hydrogen-bond donors (Lipinski definition) is 3. The third-order valence-corrected chi connectivity index (χ3v) is 8.39. The van der Waals surface area contributed by atoms with E-state index in [2.05, 4.69) is 49.7 Å². The van der Waals surface area contributed by atoms with Gasteiger partial charge in [-0.1, -0.05) is 24.8 Å². The van der Waals surface area contributed by atoms with Crippen LogP contribution in [0.25, 0.3) is 10.9 Å². The SMILES string of the molecule is CC1CCC(NC(=O)c2ccc(Nc3ncc4cc(C#CCNC(=O)c5cncn(Cc6ccc(F)c(F)c6)c5=O)ccc4n3)cc2)CC1. The van der Waals surface area contributed by atoms with Gasteiger partial charge in [-0.25, -0.2) is 23.7 Å². The topological polar surface area (TPSA) is 131 Å². The van der Waals surface area contributed by atoms with Gasteiger partial charge in [0.05, 0.1) is 24.9 Å². The van der Waals surface area contributed by atoms with Crippen molar-refractivity contribution in [1.29, 1.82) is 0 Å². The molecule has 0 spiro atoms. The van der Waals surface area contributed by atoms with Gasteiger partial charge in [-0.05, 0) is 91.8 Å². The number of anilines is 2. The van der Waals surface area contributed by atoms with E-state index in [0.29, 0.717) is 28.2 Å². The minimum Gasteiger partial charge on any atom is -0.349 e. The van der Waals surface area contributed by atoms with Gasteiger partial charge < -0.3 is 16.0 Å². The van der Waals surface area contributed by atoms with Gasteiger partial charge in [-0.15, -0.1) is 0 Å². The molecule has 5 aromatic rings. The van der Waals surface area contributed by atoms with Crippen molar-refractivity contribution >= 4 is 34.4 Å². The summed E-state index contributed by atoms with van der Waals surface area (Å²) in [5.41, 5.74) is 2.25. The second-order valence-corrected chi connectivity index (χ2v) is 12.1. The van der Waals surface area contributed by atoms with E-state index in [0.717, 1.165) is 65.6 Å². The van der Waals surface area contributed by atoms with Crippen molar-refractivity contribution in [3.05, 3.63) is 124 Å². The molecule has 2 amide bonds. The molecule has 1 aliphatic rings. The molecule has 248 valence electrons. The van der Waals surface area contributed by atoms with E-state index in [1.807, 2.05) is 24.3 Å². The Balaban J connectivity index is 1.02. The van der Waals surface area contributed by atoms with E-state index in [1.165, 1.54) is 12.4 Å². The zero-order valence-electron chi connectivity index (χ0n) is 26.7. The Morgan fingerprint density at radius 2 is 1.73 bits per heavy atom. The van der Waals surface area contributed by atoms with Gasteiger partial charge in [-0.2, -0.15) is 0 Å². The Morgan fingerprint density at radius 3 is 2.51 bits per heavy atom. The zero-order chi connectivity index (χ0) is 34.3. The monoisotopic (exact) mass is 661 g/mol. The summed E-state index contributed by atoms with van der Waals surface area (Å²) in [5.74, 6) is 4.22. The first-order chi connectivity index (χ1) is 23.7. The number of amides is 2. The lowest BCUT2D eigenvalue weighted by Crippen LogP contribution is -2.37. The smallest absolute Gasteiger partial charge is 0.266 e. The molecule has 3 aromatic carbocycles. The van der Waals surface area contributed by atoms with Crippen molar-refractivity contribution in [2.75, 3.05) is 11.9 Å². The van der Waals surface area contributed by atoms with Crippen LogP contribution in [0.4, 0.5) is 20.4 Å². The Morgan fingerprint density at radius 1 is 0.939 bits per heavy atom. The summed E-state index contributed by atoms with van der Waals surface area (Å²) in [6.45, 7) is 2.14. The number of carbonyl (C=O) groups excluding carboxylic acids is 2. The summed E-state index contributed by atoms with van der Waals surface area (Å²) < 4.78 is 27.9. The second kappa shape index (κ2) is 14.9. The first-order valence-corrected chi connectivity index (χ1v) is 15.9. The maximum Gasteiger partial charge on any atom is 0.266 e. The average Bonchev–Trinajstić information content (AvgIpc) is 3.10. The lowest BCUT2D eigenvalue weighted by Gasteiger charge is -2.26. The molecule has 0 radical (unpaired) electrons. The van der Waals surface area contributed by atoms with E-state index >= 15 is 0 Å². The van der Waals surface area contributed by atoms with Gasteiger partial charge in [0.25, 0.3) is 17.4 Å². The van der Waals surface area contributed by atoms with E-state index in [9.17, 15) is 23.2 Å². The molecule has 12 heteroatoms. The second-order valence-electron chi connectivity index (χ2n) is 12.1. The number of nitrogens with one attached hydrogen (secondary N) is 3. The van der Waals surface area contributed by atoms with Crippen LogP contribution < -0.4 is 21.5 Å². The number of aromatic nitrogens is 4. The quantitative estimate of drug-likeness (QED) is 0.191. The zero-order valence-corrected chi connectivity index (χ0v) is 26.7. The molecule has 0 atom stereocenters. The molecule has 6 rings (SSSR count). The van der Waals surface area contributed by atoms with Gasteiger partial charge in [0.2, 0.25) is 5.95 Å². The largest absolute Gasteiger partial charge is 0.349 e. The molecule has 2 aromatic heterocycles. The number of benzene rings is 3. The fourth-order valence-corrected chi connectivity index (χ4v) is 5.60. The molecule has 1 aliphatic carbocycles. The van der Waals surface area contributed by atoms with Crippen LogP contribution in [0, 0.1) is 29.4 Å². The molecule has 3 N–H and O–H groups in total. The maximum atomic E-state index is 13.6. The number of rotatable bonds is 8. The fraction of sp³-hybridized carbons (Fsp3) is 0.243. The molecular formula is C37H33F2N7O3. The van der Waals surface area contributed by atoms with Crippen molar-refractivity contribution in [3.63, 3.8) is 0 Å². The van der Waals surface area contributed by atoms with Crippen LogP contribution in [0.5, 0.6) is 0 Å². The molecule has 1 saturated carbocycles. The van der Waals surface area contributed by atoms with E-state index in [1.54, 1.807) is 24.4 Å². The number of fused-ring (bicyclic) bond motifs is 1. The van der Waals surface area contributed by atoms with Gasteiger partial charge in [0, 0.05) is 40.6 Å².